The summed E-state index contributed by atoms with van der Waals surface area (Å²) < 4.78 is 0. The first-order valence-corrected chi connectivity index (χ1v) is 4.41. The van der Waals surface area contributed by atoms with Crippen molar-refractivity contribution in [3.63, 3.8) is 0 Å². The van der Waals surface area contributed by atoms with Crippen molar-refractivity contribution in [2.45, 2.75) is 31.6 Å². The second-order valence-electron chi connectivity index (χ2n) is 3.71. The summed E-state index contributed by atoms with van der Waals surface area (Å²) in [6.45, 7) is 1.43. The van der Waals surface area contributed by atoms with E-state index in [0.717, 1.165) is 0 Å². The molecule has 5 nitrogen and oxygen atoms in total. The molecule has 5 heteroatoms. The van der Waals surface area contributed by atoms with E-state index in [4.69, 9.17) is 5.11 Å². The van der Waals surface area contributed by atoms with Gasteiger partial charge >= 0.3 is 0 Å². The van der Waals surface area contributed by atoms with Crippen molar-refractivity contribution in [2.24, 2.45) is 17.0 Å². The number of hydrogen-bond donors (Lipinski definition) is 3. The van der Waals surface area contributed by atoms with Crippen molar-refractivity contribution in [1.29, 1.82) is 0 Å². The average molecular weight is 189 g/mol. The molecule has 3 N–H and O–H groups in total. The highest BCUT2D eigenvalue weighted by molar-refractivity contribution is 4.93. The standard InChI is InChI=1S/C8H15NO4/c1-4-2-6(9-13)5(3-10)8(12)7(4)11/h4-8,10-12H,2-3H2,1H3. The Kier molecular flexibility index (Phi) is 3.35. The van der Waals surface area contributed by atoms with E-state index in [1.807, 2.05) is 0 Å². The van der Waals surface area contributed by atoms with E-state index in [1.165, 1.54) is 0 Å². The molecule has 0 aromatic carbocycles. The SMILES string of the molecule is CC1CC(N=O)C(CO)C(O)C1O. The van der Waals surface area contributed by atoms with Crippen LogP contribution in [0, 0.1) is 16.7 Å². The molecule has 1 saturated carbocycles. The van der Waals surface area contributed by atoms with E-state index in [1.54, 1.807) is 6.92 Å². The van der Waals surface area contributed by atoms with E-state index in [9.17, 15) is 15.1 Å². The van der Waals surface area contributed by atoms with Crippen LogP contribution in [0.1, 0.15) is 13.3 Å². The van der Waals surface area contributed by atoms with Gasteiger partial charge in [0.05, 0.1) is 24.9 Å². The van der Waals surface area contributed by atoms with Gasteiger partial charge in [-0.05, 0) is 12.3 Å². The molecule has 0 aliphatic heterocycles. The van der Waals surface area contributed by atoms with Gasteiger partial charge in [-0.15, -0.1) is 0 Å². The zero-order valence-corrected chi connectivity index (χ0v) is 7.50. The van der Waals surface area contributed by atoms with Crippen LogP contribution in [0.15, 0.2) is 5.18 Å². The van der Waals surface area contributed by atoms with E-state index < -0.39 is 24.2 Å². The van der Waals surface area contributed by atoms with Crippen molar-refractivity contribution in [2.75, 3.05) is 6.61 Å². The summed E-state index contributed by atoms with van der Waals surface area (Å²) in [7, 11) is 0. The third-order valence-electron chi connectivity index (χ3n) is 2.83. The lowest BCUT2D eigenvalue weighted by Crippen LogP contribution is -2.49. The van der Waals surface area contributed by atoms with Crippen LogP contribution < -0.4 is 0 Å². The molecule has 1 aliphatic rings. The molecule has 1 fully saturated rings. The van der Waals surface area contributed by atoms with Gasteiger partial charge in [0.2, 0.25) is 0 Å². The molecule has 0 spiro atoms. The van der Waals surface area contributed by atoms with Crippen molar-refractivity contribution in [1.82, 2.24) is 0 Å². The van der Waals surface area contributed by atoms with E-state index in [-0.39, 0.29) is 12.5 Å². The first kappa shape index (κ1) is 10.6. The zero-order valence-electron chi connectivity index (χ0n) is 7.50. The smallest absolute Gasteiger partial charge is 0.0998 e. The molecule has 0 heterocycles. The van der Waals surface area contributed by atoms with Gasteiger partial charge < -0.3 is 15.3 Å². The highest BCUT2D eigenvalue weighted by Gasteiger charge is 2.41. The molecule has 1 aliphatic carbocycles. The zero-order chi connectivity index (χ0) is 10.0. The van der Waals surface area contributed by atoms with Crippen molar-refractivity contribution >= 4 is 0 Å². The second-order valence-corrected chi connectivity index (χ2v) is 3.71. The minimum Gasteiger partial charge on any atom is -0.396 e. The molecule has 76 valence electrons. The number of nitroso groups, excluding NO2 is 1. The highest BCUT2D eigenvalue weighted by Crippen LogP contribution is 2.31. The fraction of sp³-hybridized carbons (Fsp3) is 1.00. The minimum absolute atomic E-state index is 0.152. The molecule has 0 saturated heterocycles. The van der Waals surface area contributed by atoms with Gasteiger partial charge in [0.25, 0.3) is 0 Å². The number of nitrogens with zero attached hydrogens (tertiary/aromatic N) is 1. The molecule has 0 radical (unpaired) electrons. The lowest BCUT2D eigenvalue weighted by molar-refractivity contribution is -0.0907. The van der Waals surface area contributed by atoms with Gasteiger partial charge in [-0.1, -0.05) is 12.1 Å². The number of aliphatic hydroxyl groups is 3. The molecule has 13 heavy (non-hydrogen) atoms. The van der Waals surface area contributed by atoms with Crippen LogP contribution in [0.3, 0.4) is 0 Å². The Hall–Kier alpha value is -0.520. The van der Waals surface area contributed by atoms with E-state index >= 15 is 0 Å². The summed E-state index contributed by atoms with van der Waals surface area (Å²) >= 11 is 0. The summed E-state index contributed by atoms with van der Waals surface area (Å²) in [6.07, 6.45) is -1.49. The van der Waals surface area contributed by atoms with Gasteiger partial charge in [-0.25, -0.2) is 0 Å². The Bertz CT molecular complexity index is 187. The molecule has 0 aromatic rings. The number of hydrogen-bond acceptors (Lipinski definition) is 5. The van der Waals surface area contributed by atoms with Gasteiger partial charge in [0.15, 0.2) is 0 Å². The Morgan fingerprint density at radius 2 is 2.00 bits per heavy atom. The largest absolute Gasteiger partial charge is 0.396 e. The predicted molar refractivity (Wildman–Crippen MR) is 46.0 cm³/mol. The van der Waals surface area contributed by atoms with Crippen LogP contribution >= 0.6 is 0 Å². The van der Waals surface area contributed by atoms with Gasteiger partial charge in [0, 0.05) is 5.92 Å². The van der Waals surface area contributed by atoms with E-state index in [2.05, 4.69) is 5.18 Å². The molecule has 5 unspecified atom stereocenters. The summed E-state index contributed by atoms with van der Waals surface area (Å²) in [5.41, 5.74) is 0. The Morgan fingerprint density at radius 1 is 1.38 bits per heavy atom. The third-order valence-corrected chi connectivity index (χ3v) is 2.83. The normalized spacial score (nSPS) is 46.0. The average Bonchev–Trinajstić information content (AvgIpc) is 2.13. The third kappa shape index (κ3) is 1.87. The fourth-order valence-electron chi connectivity index (χ4n) is 1.86. The van der Waals surface area contributed by atoms with Crippen LogP contribution in [0.2, 0.25) is 0 Å². The maximum atomic E-state index is 10.4. The van der Waals surface area contributed by atoms with Crippen molar-refractivity contribution in [3.05, 3.63) is 4.91 Å². The highest BCUT2D eigenvalue weighted by atomic mass is 16.3. The Morgan fingerprint density at radius 3 is 2.46 bits per heavy atom. The molecular formula is C8H15NO4. The molecule has 5 atom stereocenters. The number of aliphatic hydroxyl groups excluding tert-OH is 3. The summed E-state index contributed by atoms with van der Waals surface area (Å²) in [5, 5.41) is 30.7. The topological polar surface area (TPSA) is 90.1 Å². The predicted octanol–water partition coefficient (Wildman–Crippen LogP) is -0.508. The van der Waals surface area contributed by atoms with Gasteiger partial charge in [-0.3, -0.25) is 0 Å². The fourth-order valence-corrected chi connectivity index (χ4v) is 1.86. The quantitative estimate of drug-likeness (QED) is 0.510. The minimum atomic E-state index is -1.04. The van der Waals surface area contributed by atoms with Crippen LogP contribution in [0.25, 0.3) is 0 Å². The van der Waals surface area contributed by atoms with Gasteiger partial charge in [-0.2, -0.15) is 4.91 Å². The van der Waals surface area contributed by atoms with Crippen molar-refractivity contribution < 1.29 is 15.3 Å². The van der Waals surface area contributed by atoms with Crippen LogP contribution in [-0.4, -0.2) is 40.2 Å². The second kappa shape index (κ2) is 4.13. The number of rotatable bonds is 2. The summed E-state index contributed by atoms with van der Waals surface area (Å²) in [4.78, 5) is 10.4. The van der Waals surface area contributed by atoms with Crippen LogP contribution in [-0.2, 0) is 0 Å². The summed E-state index contributed by atoms with van der Waals surface area (Å²) in [5.74, 6) is -0.774. The van der Waals surface area contributed by atoms with Crippen LogP contribution in [0.4, 0.5) is 0 Å². The maximum Gasteiger partial charge on any atom is 0.0998 e. The van der Waals surface area contributed by atoms with Gasteiger partial charge in [0.1, 0.15) is 0 Å². The Labute approximate surface area is 76.4 Å². The Balaban J connectivity index is 2.74. The molecule has 0 bridgehead atoms. The van der Waals surface area contributed by atoms with Crippen molar-refractivity contribution in [3.8, 4) is 0 Å². The first-order chi connectivity index (χ1) is 6.11. The molecule has 0 amide bonds. The first-order valence-electron chi connectivity index (χ1n) is 4.41. The summed E-state index contributed by atoms with van der Waals surface area (Å²) in [6, 6.07) is -0.585. The monoisotopic (exact) mass is 189 g/mol. The molecule has 1 rings (SSSR count). The lowest BCUT2D eigenvalue weighted by atomic mass is 9.76. The van der Waals surface area contributed by atoms with E-state index in [0.29, 0.717) is 6.42 Å². The van der Waals surface area contributed by atoms with Crippen LogP contribution in [0.5, 0.6) is 0 Å². The lowest BCUT2D eigenvalue weighted by Gasteiger charge is -2.37. The molecule has 0 aromatic heterocycles. The molecular weight excluding hydrogens is 174 g/mol. The maximum absolute atomic E-state index is 10.4.